The van der Waals surface area contributed by atoms with Crippen molar-refractivity contribution < 1.29 is 74.4 Å². The first-order valence-corrected chi connectivity index (χ1v) is 49.1. The molecule has 0 bridgehead atoms. The minimum atomic E-state index is -0.833. The zero-order valence-corrected chi connectivity index (χ0v) is 83.1. The summed E-state index contributed by atoms with van der Waals surface area (Å²) in [6, 6.07) is 137. The molecule has 0 aromatic heterocycles. The number of phenols is 4. The topological polar surface area (TPSA) is 205 Å². The Morgan fingerprint density at radius 1 is 0.267 bits per heavy atom. The van der Waals surface area contributed by atoms with E-state index in [1.54, 1.807) is 0 Å². The molecule has 0 heterocycles. The van der Waals surface area contributed by atoms with E-state index in [-0.39, 0.29) is 69.2 Å². The maximum atomic E-state index is 12.8. The molecule has 0 amide bonds. The summed E-state index contributed by atoms with van der Waals surface area (Å²) in [5.74, 6) is -0.870. The van der Waals surface area contributed by atoms with E-state index in [2.05, 4.69) is 328 Å². The van der Waals surface area contributed by atoms with Crippen molar-refractivity contribution in [1.82, 2.24) is 0 Å². The van der Waals surface area contributed by atoms with Gasteiger partial charge in [0.05, 0.1) is 12.1 Å². The molecule has 1 fully saturated rings. The second-order valence-corrected chi connectivity index (χ2v) is 36.8. The van der Waals surface area contributed by atoms with Crippen LogP contribution in [0.25, 0.3) is 154 Å². The zero-order chi connectivity index (χ0) is 98.5. The number of hydrogen-bond acceptors (Lipinski definition) is 10. The van der Waals surface area contributed by atoms with Crippen LogP contribution in [0.15, 0.2) is 445 Å². The summed E-state index contributed by atoms with van der Waals surface area (Å²) < 4.78 is 0. The van der Waals surface area contributed by atoms with E-state index in [0.29, 0.717) is 22.3 Å². The molecular formula is C132H106Mn2N4O8. The number of rotatable bonds is 19. The fraction of sp³-hybridized carbons (Fsp3) is 0.106. The predicted octanol–water partition coefficient (Wildman–Crippen LogP) is 31.8. The molecule has 0 spiro atoms. The van der Waals surface area contributed by atoms with Crippen LogP contribution in [0.5, 0.6) is 23.0 Å². The van der Waals surface area contributed by atoms with Gasteiger partial charge >= 0.3 is 0 Å². The molecule has 20 aromatic rings. The number of carboxylic acid groups (broad SMARTS) is 2. The Morgan fingerprint density at radius 2 is 0.500 bits per heavy atom. The van der Waals surface area contributed by atoms with Crippen molar-refractivity contribution >= 4 is 101 Å². The van der Waals surface area contributed by atoms with Crippen LogP contribution in [0.4, 0.5) is 0 Å². The van der Waals surface area contributed by atoms with Crippen LogP contribution < -0.4 is 0 Å². The Hall–Kier alpha value is -16.7. The van der Waals surface area contributed by atoms with Gasteiger partial charge < -0.3 is 30.6 Å². The summed E-state index contributed by atoms with van der Waals surface area (Å²) in [7, 11) is 0. The number of carboxylic acids is 2. The third-order valence-corrected chi connectivity index (χ3v) is 27.7. The van der Waals surface area contributed by atoms with Gasteiger partial charge in [0.2, 0.25) is 0 Å². The van der Waals surface area contributed by atoms with E-state index in [0.717, 1.165) is 230 Å². The average Bonchev–Trinajstić information content (AvgIpc) is 0.751. The smallest absolute Gasteiger partial charge is 0.300 e. The second-order valence-electron chi connectivity index (χ2n) is 36.8. The van der Waals surface area contributed by atoms with Crippen molar-refractivity contribution in [1.29, 1.82) is 0 Å². The molecule has 20 aromatic carbocycles. The predicted molar refractivity (Wildman–Crippen MR) is 595 cm³/mol. The van der Waals surface area contributed by atoms with Crippen LogP contribution in [0.2, 0.25) is 0 Å². The number of carbonyl (C=O) groups is 2. The number of phenolic OH excluding ortho intramolecular Hbond substituents is 4. The second kappa shape index (κ2) is 45.7. The minimum absolute atomic E-state index is 0. The number of aliphatic imine (C=N–C) groups is 4. The van der Waals surface area contributed by atoms with Crippen molar-refractivity contribution in [3.63, 3.8) is 0 Å². The number of fused-ring (bicyclic) bond motifs is 8. The van der Waals surface area contributed by atoms with Crippen LogP contribution >= 0.6 is 0 Å². The van der Waals surface area contributed by atoms with Gasteiger partial charge in [-0.15, -0.1) is 0 Å². The Labute approximate surface area is 871 Å². The maximum absolute atomic E-state index is 12.8. The van der Waals surface area contributed by atoms with E-state index < -0.39 is 24.0 Å². The summed E-state index contributed by atoms with van der Waals surface area (Å²) in [5, 5.41) is 77.8. The number of allylic oxidation sites excluding steroid dienone is 4. The Balaban J connectivity index is 0.000000177. The Bertz CT molecular complexity index is 8400. The molecule has 6 N–H and O–H groups in total. The monoisotopic (exact) mass is 1980 g/mol. The SMILES string of the molecule is CC(=O)O.CC(=O)O.Oc1c(C=NC(c2ccccc2)C(N=Cc2cc3ccccc3c(-c3c(-c4ccccc4)ccc4ccccc34)c2O)c2ccccc2)cc2ccccc2c1-c1c(-c2ccccc2)ccc2c1CC=CC2.Oc1c(C=N[C@H]2CCCCC2N=Cc2cc3ccccc3c(-c3c(-c4ccccc4)ccc4ccccc34)c2O)cc2ccccc2c1-c1c(-c2ccccc2)ccc2c1CC=CC2.[Mn].[Mn]. The molecule has 146 heavy (non-hydrogen) atoms. The van der Waals surface area contributed by atoms with Crippen LogP contribution in [0.3, 0.4) is 0 Å². The fourth-order valence-corrected chi connectivity index (χ4v) is 21.1. The normalized spacial score (nSPS) is 14.0. The Morgan fingerprint density at radius 3 is 0.801 bits per heavy atom. The molecule has 716 valence electrons. The third kappa shape index (κ3) is 21.1. The van der Waals surface area contributed by atoms with E-state index in [9.17, 15) is 20.4 Å². The van der Waals surface area contributed by atoms with Crippen LogP contribution in [-0.2, 0) is 69.4 Å². The largest absolute Gasteiger partial charge is 0.507 e. The van der Waals surface area contributed by atoms with E-state index in [4.69, 9.17) is 39.8 Å². The summed E-state index contributed by atoms with van der Waals surface area (Å²) in [6.45, 7) is 2.17. The van der Waals surface area contributed by atoms with E-state index >= 15 is 0 Å². The summed E-state index contributed by atoms with van der Waals surface area (Å²) in [6.07, 6.45) is 23.6. The number of benzene rings is 20. The van der Waals surface area contributed by atoms with Gasteiger partial charge in [-0.3, -0.25) is 29.6 Å². The molecule has 12 nitrogen and oxygen atoms in total. The molecule has 1 saturated carbocycles. The van der Waals surface area contributed by atoms with Gasteiger partial charge in [-0.2, -0.15) is 0 Å². The van der Waals surface area contributed by atoms with Gasteiger partial charge in [-0.25, -0.2) is 0 Å². The number of aromatic hydroxyl groups is 4. The first kappa shape index (κ1) is 99.4. The van der Waals surface area contributed by atoms with Gasteiger partial charge in [-0.1, -0.05) is 413 Å². The van der Waals surface area contributed by atoms with Gasteiger partial charge in [0.1, 0.15) is 35.1 Å². The standard InChI is InChI=1S/C68H50N2O2.C60H48N2O2.2C2H4O2.2Mn/c71-67-53(41-51-31-15-19-35-57(51)63(67)61-55-33-17-13-25-47(55)37-39-59(61)45-21-5-1-6-22-45)43-69-65(49-27-9-3-10-28-49)66(50-29-11-4-12-30-50)70-44-54-42-52-32-16-20-36-58(52)64(68(54)72)62-56-34-18-14-26-48(56)38-40-60(62)46-23-7-2-8-24-46;63-59-45(35-43-23-9-13-27-49(43)57(59)55-47-25-11-7-21-41(47)31-33-51(55)39-17-3-1-4-18-39)37-61-53-29-15-16-30-54(53)62-38-46-36-44-24-10-14-28-50(44)58(60(46)64)56-48-26-12-8-22-42(48)32-34-52(56)40-19-5-2-6-20-40;2*1-2(3)4;;/h1-25,27-33,35-44,65-66,71-72H,26,34H2;1-14,17-21,23-25,27-28,31-38,53-54,63-64H,15-16,22,26,29-30H2;2*1H3,(H,3,4);;/t;53?,54-;;;;/m.0..../s1. The van der Waals surface area contributed by atoms with Gasteiger partial charge in [-0.05, 0) is 216 Å². The van der Waals surface area contributed by atoms with Crippen molar-refractivity contribution in [3.8, 4) is 112 Å². The molecule has 4 atom stereocenters. The average molecular weight is 1990 g/mol. The first-order chi connectivity index (χ1) is 70.7. The third-order valence-electron chi connectivity index (χ3n) is 27.7. The first-order valence-electron chi connectivity index (χ1n) is 49.1. The van der Waals surface area contributed by atoms with Crippen molar-refractivity contribution in [2.24, 2.45) is 20.0 Å². The fourth-order valence-electron chi connectivity index (χ4n) is 21.1. The number of hydrogen-bond donors (Lipinski definition) is 6. The molecule has 14 heteroatoms. The number of nitrogens with zero attached hydrogens (tertiary/aromatic N) is 4. The molecule has 0 aliphatic heterocycles. The van der Waals surface area contributed by atoms with Gasteiger partial charge in [0.15, 0.2) is 0 Å². The molecule has 0 saturated heterocycles. The van der Waals surface area contributed by atoms with Crippen molar-refractivity contribution in [3.05, 3.63) is 480 Å². The van der Waals surface area contributed by atoms with Crippen LogP contribution in [-0.4, -0.2) is 79.5 Å². The molecule has 23 rings (SSSR count). The Kier molecular flexibility index (Phi) is 31.1. The molecule has 2 radical (unpaired) electrons. The molecule has 3 unspecified atom stereocenters. The maximum Gasteiger partial charge on any atom is 0.300 e. The minimum Gasteiger partial charge on any atom is -0.507 e. The van der Waals surface area contributed by atoms with Crippen molar-refractivity contribution in [2.75, 3.05) is 0 Å². The summed E-state index contributed by atoms with van der Waals surface area (Å²) in [4.78, 5) is 39.4. The quantitative estimate of drug-likeness (QED) is 0.0260. The summed E-state index contributed by atoms with van der Waals surface area (Å²) in [5.41, 5.74) is 25.6. The van der Waals surface area contributed by atoms with E-state index in [1.807, 2.05) is 122 Å². The molecular weight excluding hydrogens is 1880 g/mol. The van der Waals surface area contributed by atoms with Crippen LogP contribution in [0, 0.1) is 0 Å². The summed E-state index contributed by atoms with van der Waals surface area (Å²) >= 11 is 0. The van der Waals surface area contributed by atoms with E-state index in [1.165, 1.54) is 22.3 Å². The molecule has 3 aliphatic carbocycles. The van der Waals surface area contributed by atoms with Crippen LogP contribution in [0.1, 0.15) is 107 Å². The molecule has 3 aliphatic rings. The number of aliphatic carboxylic acids is 2. The zero-order valence-electron chi connectivity index (χ0n) is 80.7. The van der Waals surface area contributed by atoms with Crippen molar-refractivity contribution in [2.45, 2.75) is 89.4 Å². The van der Waals surface area contributed by atoms with Gasteiger partial charge in [0.25, 0.3) is 11.9 Å². The van der Waals surface area contributed by atoms with Gasteiger partial charge in [0, 0.05) is 128 Å².